The van der Waals surface area contributed by atoms with Gasteiger partial charge in [-0.25, -0.2) is 5.43 Å². The first-order valence-electron chi connectivity index (χ1n) is 7.86. The molecule has 0 spiro atoms. The maximum Gasteiger partial charge on any atom is 0.271 e. The number of hydrogen-bond acceptors (Lipinski definition) is 4. The van der Waals surface area contributed by atoms with Crippen molar-refractivity contribution in [3.05, 3.63) is 65.2 Å². The number of hydrazone groups is 1. The van der Waals surface area contributed by atoms with Gasteiger partial charge in [-0.1, -0.05) is 12.1 Å². The van der Waals surface area contributed by atoms with Crippen LogP contribution in [0.3, 0.4) is 0 Å². The highest BCUT2D eigenvalue weighted by Crippen LogP contribution is 2.14. The zero-order chi connectivity index (χ0) is 17.4. The summed E-state index contributed by atoms with van der Waals surface area (Å²) in [5.74, 6) is -0.310. The van der Waals surface area contributed by atoms with Gasteiger partial charge in [0.25, 0.3) is 5.91 Å². The Labute approximate surface area is 142 Å². The summed E-state index contributed by atoms with van der Waals surface area (Å²) in [7, 11) is 0. The van der Waals surface area contributed by atoms with Gasteiger partial charge in [-0.15, -0.1) is 0 Å². The molecule has 0 radical (unpaired) electrons. The molecule has 0 bridgehead atoms. The van der Waals surface area contributed by atoms with E-state index in [1.54, 1.807) is 30.5 Å². The van der Waals surface area contributed by atoms with E-state index in [2.05, 4.69) is 29.3 Å². The molecule has 0 aromatic heterocycles. The Morgan fingerprint density at radius 1 is 1.12 bits per heavy atom. The molecule has 5 heteroatoms. The molecule has 0 unspecified atom stereocenters. The van der Waals surface area contributed by atoms with Gasteiger partial charge in [-0.05, 0) is 55.8 Å². The molecule has 2 rings (SSSR count). The number of hydrogen-bond donors (Lipinski definition) is 1. The minimum Gasteiger partial charge on any atom is -0.372 e. The Kier molecular flexibility index (Phi) is 6.09. The van der Waals surface area contributed by atoms with E-state index in [1.807, 2.05) is 30.3 Å². The van der Waals surface area contributed by atoms with Crippen molar-refractivity contribution in [1.29, 1.82) is 5.26 Å². The van der Waals surface area contributed by atoms with Crippen molar-refractivity contribution in [2.45, 2.75) is 13.8 Å². The molecule has 122 valence electrons. The Morgan fingerprint density at radius 2 is 1.75 bits per heavy atom. The van der Waals surface area contributed by atoms with Crippen molar-refractivity contribution in [1.82, 2.24) is 5.43 Å². The quantitative estimate of drug-likeness (QED) is 0.656. The third kappa shape index (κ3) is 4.43. The first-order valence-corrected chi connectivity index (χ1v) is 7.86. The van der Waals surface area contributed by atoms with E-state index in [4.69, 9.17) is 5.26 Å². The van der Waals surface area contributed by atoms with Crippen LogP contribution in [0.1, 0.15) is 35.3 Å². The highest BCUT2D eigenvalue weighted by Gasteiger charge is 2.04. The summed E-state index contributed by atoms with van der Waals surface area (Å²) in [6, 6.07) is 16.4. The Balaban J connectivity index is 1.95. The number of anilines is 1. The van der Waals surface area contributed by atoms with Crippen LogP contribution in [-0.2, 0) is 0 Å². The summed E-state index contributed by atoms with van der Waals surface area (Å²) in [5, 5.41) is 12.7. The molecule has 0 aliphatic carbocycles. The van der Waals surface area contributed by atoms with Crippen LogP contribution in [0.4, 0.5) is 5.69 Å². The van der Waals surface area contributed by atoms with Crippen LogP contribution in [-0.4, -0.2) is 25.2 Å². The predicted molar refractivity (Wildman–Crippen MR) is 96.2 cm³/mol. The molecule has 0 heterocycles. The fourth-order valence-corrected chi connectivity index (χ4v) is 2.29. The van der Waals surface area contributed by atoms with E-state index < -0.39 is 0 Å². The Morgan fingerprint density at radius 3 is 2.29 bits per heavy atom. The van der Waals surface area contributed by atoms with E-state index in [-0.39, 0.29) is 5.91 Å². The lowest BCUT2D eigenvalue weighted by atomic mass is 10.1. The molecule has 24 heavy (non-hydrogen) atoms. The summed E-state index contributed by atoms with van der Waals surface area (Å²) < 4.78 is 0. The highest BCUT2D eigenvalue weighted by molar-refractivity contribution is 5.95. The Bertz CT molecular complexity index is 738. The zero-order valence-electron chi connectivity index (χ0n) is 13.9. The molecule has 2 aromatic rings. The fourth-order valence-electron chi connectivity index (χ4n) is 2.29. The van der Waals surface area contributed by atoms with Crippen molar-refractivity contribution in [3.63, 3.8) is 0 Å². The molecule has 0 fully saturated rings. The van der Waals surface area contributed by atoms with E-state index >= 15 is 0 Å². The number of nitrogens with zero attached hydrogens (tertiary/aromatic N) is 3. The number of rotatable bonds is 6. The number of benzene rings is 2. The lowest BCUT2D eigenvalue weighted by Crippen LogP contribution is -2.21. The topological polar surface area (TPSA) is 68.5 Å². The monoisotopic (exact) mass is 320 g/mol. The van der Waals surface area contributed by atoms with Gasteiger partial charge in [-0.3, -0.25) is 4.79 Å². The average molecular weight is 320 g/mol. The summed E-state index contributed by atoms with van der Waals surface area (Å²) in [6.07, 6.45) is 1.60. The van der Waals surface area contributed by atoms with Crippen molar-refractivity contribution in [3.8, 4) is 6.07 Å². The third-order valence-corrected chi connectivity index (χ3v) is 3.68. The maximum absolute atomic E-state index is 11.9. The number of carbonyl (C=O) groups is 1. The van der Waals surface area contributed by atoms with Crippen LogP contribution in [0.25, 0.3) is 0 Å². The smallest absolute Gasteiger partial charge is 0.271 e. The van der Waals surface area contributed by atoms with Crippen LogP contribution in [0.2, 0.25) is 0 Å². The normalized spacial score (nSPS) is 10.4. The van der Waals surface area contributed by atoms with Crippen molar-refractivity contribution in [2.24, 2.45) is 5.10 Å². The lowest BCUT2D eigenvalue weighted by molar-refractivity contribution is 0.0955. The number of nitriles is 1. The number of amides is 1. The maximum atomic E-state index is 11.9. The van der Waals surface area contributed by atoms with E-state index in [0.717, 1.165) is 18.7 Å². The second-order valence-corrected chi connectivity index (χ2v) is 5.15. The average Bonchev–Trinajstić information content (AvgIpc) is 2.64. The SMILES string of the molecule is CCN(CC)c1ccc(C=NNC(=O)c2ccc(C#N)cc2)cc1. The lowest BCUT2D eigenvalue weighted by Gasteiger charge is -2.20. The molecule has 0 aliphatic heterocycles. The molecule has 0 aliphatic rings. The highest BCUT2D eigenvalue weighted by atomic mass is 16.2. The first kappa shape index (κ1) is 17.2. The minimum atomic E-state index is -0.310. The van der Waals surface area contributed by atoms with Crippen molar-refractivity contribution in [2.75, 3.05) is 18.0 Å². The first-order chi connectivity index (χ1) is 11.7. The van der Waals surface area contributed by atoms with Crippen LogP contribution < -0.4 is 10.3 Å². The second kappa shape index (κ2) is 8.49. The zero-order valence-corrected chi connectivity index (χ0v) is 13.9. The summed E-state index contributed by atoms with van der Waals surface area (Å²) >= 11 is 0. The predicted octanol–water partition coefficient (Wildman–Crippen LogP) is 3.17. The molecular weight excluding hydrogens is 300 g/mol. The minimum absolute atomic E-state index is 0.310. The van der Waals surface area contributed by atoms with Gasteiger partial charge in [0.05, 0.1) is 17.8 Å². The molecule has 0 saturated heterocycles. The van der Waals surface area contributed by atoms with Crippen LogP contribution in [0.15, 0.2) is 53.6 Å². The van der Waals surface area contributed by atoms with Gasteiger partial charge in [0, 0.05) is 24.3 Å². The van der Waals surface area contributed by atoms with Crippen molar-refractivity contribution < 1.29 is 4.79 Å². The van der Waals surface area contributed by atoms with Gasteiger partial charge in [0.1, 0.15) is 0 Å². The van der Waals surface area contributed by atoms with Crippen LogP contribution >= 0.6 is 0 Å². The fraction of sp³-hybridized carbons (Fsp3) is 0.211. The Hall–Kier alpha value is -3.13. The van der Waals surface area contributed by atoms with Gasteiger partial charge < -0.3 is 4.90 Å². The molecule has 1 amide bonds. The molecule has 2 aromatic carbocycles. The largest absolute Gasteiger partial charge is 0.372 e. The van der Waals surface area contributed by atoms with Gasteiger partial charge >= 0.3 is 0 Å². The summed E-state index contributed by atoms with van der Waals surface area (Å²) in [5.41, 5.74) is 5.53. The number of nitrogens with one attached hydrogen (secondary N) is 1. The third-order valence-electron chi connectivity index (χ3n) is 3.68. The van der Waals surface area contributed by atoms with Crippen molar-refractivity contribution >= 4 is 17.8 Å². The van der Waals surface area contributed by atoms with Gasteiger partial charge in [0.15, 0.2) is 0 Å². The van der Waals surface area contributed by atoms with E-state index in [0.29, 0.717) is 11.1 Å². The molecular formula is C19H20N4O. The molecule has 0 saturated carbocycles. The van der Waals surface area contributed by atoms with Crippen LogP contribution in [0.5, 0.6) is 0 Å². The number of carbonyl (C=O) groups excluding carboxylic acids is 1. The molecule has 1 N–H and O–H groups in total. The second-order valence-electron chi connectivity index (χ2n) is 5.15. The van der Waals surface area contributed by atoms with Crippen LogP contribution in [0, 0.1) is 11.3 Å². The van der Waals surface area contributed by atoms with Gasteiger partial charge in [0.2, 0.25) is 0 Å². The summed E-state index contributed by atoms with van der Waals surface area (Å²) in [4.78, 5) is 14.2. The molecule has 0 atom stereocenters. The van der Waals surface area contributed by atoms with Gasteiger partial charge in [-0.2, -0.15) is 10.4 Å². The van der Waals surface area contributed by atoms with E-state index in [9.17, 15) is 4.79 Å². The summed E-state index contributed by atoms with van der Waals surface area (Å²) in [6.45, 7) is 6.17. The van der Waals surface area contributed by atoms with E-state index in [1.165, 1.54) is 5.69 Å². The standard InChI is InChI=1S/C19H20N4O/c1-3-23(4-2)18-11-7-16(8-12-18)14-21-22-19(24)17-9-5-15(13-20)6-10-17/h5-12,14H,3-4H2,1-2H3,(H,22,24). The molecule has 5 nitrogen and oxygen atoms in total.